The van der Waals surface area contributed by atoms with Crippen LogP contribution in [-0.4, -0.2) is 22.5 Å². The molecule has 1 fully saturated rings. The Labute approximate surface area is 212 Å². The van der Waals surface area contributed by atoms with Crippen molar-refractivity contribution in [1.29, 1.82) is 0 Å². The molecule has 0 saturated carbocycles. The third-order valence-corrected chi connectivity index (χ3v) is 8.03. The number of hydrogen-bond acceptors (Lipinski definition) is 5. The van der Waals surface area contributed by atoms with E-state index in [1.807, 2.05) is 83.8 Å². The van der Waals surface area contributed by atoms with Crippen molar-refractivity contribution in [3.63, 3.8) is 0 Å². The SMILES string of the molecule is O=C(Nc1ccc(CSc2ccccc2)cc1)c1ccc([C@@H]2SCC(=O)N2Cc2ccco2)cc1. The number of hydrogen-bond donors (Lipinski definition) is 1. The summed E-state index contributed by atoms with van der Waals surface area (Å²) in [5.41, 5.74) is 3.52. The summed E-state index contributed by atoms with van der Waals surface area (Å²) < 4.78 is 5.42. The van der Waals surface area contributed by atoms with Gasteiger partial charge in [0.1, 0.15) is 11.1 Å². The molecule has 2 amide bonds. The molecule has 0 radical (unpaired) electrons. The van der Waals surface area contributed by atoms with Crippen molar-refractivity contribution in [2.75, 3.05) is 11.1 Å². The van der Waals surface area contributed by atoms with Gasteiger partial charge in [0.05, 0.1) is 18.6 Å². The fraction of sp³-hybridized carbons (Fsp3) is 0.143. The maximum absolute atomic E-state index is 12.8. The van der Waals surface area contributed by atoms with Crippen molar-refractivity contribution < 1.29 is 14.0 Å². The topological polar surface area (TPSA) is 62.6 Å². The van der Waals surface area contributed by atoms with Crippen molar-refractivity contribution in [3.05, 3.63) is 120 Å². The smallest absolute Gasteiger partial charge is 0.255 e. The van der Waals surface area contributed by atoms with E-state index in [1.165, 1.54) is 10.5 Å². The number of carbonyl (C=O) groups is 2. The molecule has 3 aromatic carbocycles. The molecular formula is C28H24N2O3S2. The summed E-state index contributed by atoms with van der Waals surface area (Å²) in [5, 5.41) is 2.87. The number of nitrogens with one attached hydrogen (secondary N) is 1. The second-order valence-electron chi connectivity index (χ2n) is 8.14. The highest BCUT2D eigenvalue weighted by Crippen LogP contribution is 2.39. The van der Waals surface area contributed by atoms with Crippen molar-refractivity contribution in [1.82, 2.24) is 4.90 Å². The lowest BCUT2D eigenvalue weighted by Gasteiger charge is -2.23. The van der Waals surface area contributed by atoms with E-state index in [4.69, 9.17) is 4.42 Å². The van der Waals surface area contributed by atoms with Crippen molar-refractivity contribution in [2.24, 2.45) is 0 Å². The van der Waals surface area contributed by atoms with Crippen molar-refractivity contribution in [3.8, 4) is 0 Å². The van der Waals surface area contributed by atoms with Gasteiger partial charge in [-0.3, -0.25) is 9.59 Å². The van der Waals surface area contributed by atoms with Gasteiger partial charge in [0.25, 0.3) is 5.91 Å². The Hall–Kier alpha value is -3.42. The molecule has 0 bridgehead atoms. The molecule has 1 N–H and O–H groups in total. The standard InChI is InChI=1S/C28H24N2O3S2/c31-26-19-35-28(30(26)17-24-5-4-16-33-24)22-12-10-21(11-13-22)27(32)29-23-14-8-20(9-15-23)18-34-25-6-2-1-3-7-25/h1-16,28H,17-19H2,(H,29,32)/t28-/m0/s1. The van der Waals surface area contributed by atoms with Crippen LogP contribution in [0.5, 0.6) is 0 Å². The van der Waals surface area contributed by atoms with Crippen LogP contribution in [0, 0.1) is 0 Å². The maximum Gasteiger partial charge on any atom is 0.255 e. The van der Waals surface area contributed by atoms with Crippen LogP contribution < -0.4 is 5.32 Å². The Kier molecular flexibility index (Phi) is 7.25. The first-order chi connectivity index (χ1) is 17.2. The number of anilines is 1. The molecular weight excluding hydrogens is 476 g/mol. The van der Waals surface area contributed by atoms with Crippen LogP contribution in [0.15, 0.2) is 107 Å². The monoisotopic (exact) mass is 500 g/mol. The summed E-state index contributed by atoms with van der Waals surface area (Å²) in [6.45, 7) is 0.436. The van der Waals surface area contributed by atoms with Crippen LogP contribution in [0.1, 0.15) is 32.6 Å². The highest BCUT2D eigenvalue weighted by atomic mass is 32.2. The van der Waals surface area contributed by atoms with E-state index in [1.54, 1.807) is 29.8 Å². The second kappa shape index (κ2) is 10.9. The van der Waals surface area contributed by atoms with E-state index < -0.39 is 0 Å². The van der Waals surface area contributed by atoms with Gasteiger partial charge in [-0.2, -0.15) is 0 Å². The van der Waals surface area contributed by atoms with Crippen LogP contribution in [-0.2, 0) is 17.1 Å². The van der Waals surface area contributed by atoms with Gasteiger partial charge in [0.2, 0.25) is 5.91 Å². The molecule has 1 aliphatic heterocycles. The summed E-state index contributed by atoms with van der Waals surface area (Å²) in [5.74, 6) is 1.99. The number of carbonyl (C=O) groups excluding carboxylic acids is 2. The molecule has 0 spiro atoms. The van der Waals surface area contributed by atoms with Gasteiger partial charge < -0.3 is 14.6 Å². The van der Waals surface area contributed by atoms with E-state index in [9.17, 15) is 9.59 Å². The molecule has 35 heavy (non-hydrogen) atoms. The van der Waals surface area contributed by atoms with E-state index in [-0.39, 0.29) is 17.2 Å². The second-order valence-corrected chi connectivity index (χ2v) is 10.3. The van der Waals surface area contributed by atoms with E-state index in [0.29, 0.717) is 17.9 Å². The summed E-state index contributed by atoms with van der Waals surface area (Å²) in [6, 6.07) is 29.4. The summed E-state index contributed by atoms with van der Waals surface area (Å²) in [6.07, 6.45) is 1.61. The molecule has 4 aromatic rings. The van der Waals surface area contributed by atoms with E-state index >= 15 is 0 Å². The van der Waals surface area contributed by atoms with Gasteiger partial charge in [-0.05, 0) is 59.7 Å². The summed E-state index contributed by atoms with van der Waals surface area (Å²) in [4.78, 5) is 28.2. The van der Waals surface area contributed by atoms with Gasteiger partial charge in [-0.1, -0.05) is 42.5 Å². The zero-order valence-electron chi connectivity index (χ0n) is 18.9. The van der Waals surface area contributed by atoms with Gasteiger partial charge in [-0.25, -0.2) is 0 Å². The first-order valence-electron chi connectivity index (χ1n) is 11.3. The molecule has 5 rings (SSSR count). The third kappa shape index (κ3) is 5.81. The largest absolute Gasteiger partial charge is 0.467 e. The number of nitrogens with zero attached hydrogens (tertiary/aromatic N) is 1. The first-order valence-corrected chi connectivity index (χ1v) is 13.3. The predicted molar refractivity (Wildman–Crippen MR) is 141 cm³/mol. The van der Waals surface area contributed by atoms with Gasteiger partial charge >= 0.3 is 0 Å². The number of benzene rings is 3. The molecule has 0 aliphatic carbocycles. The normalized spacial score (nSPS) is 15.4. The average molecular weight is 501 g/mol. The van der Waals surface area contributed by atoms with E-state index in [0.717, 1.165) is 22.8 Å². The Balaban J connectivity index is 1.18. The molecule has 1 saturated heterocycles. The molecule has 2 heterocycles. The van der Waals surface area contributed by atoms with Crippen molar-refractivity contribution >= 4 is 41.0 Å². The lowest BCUT2D eigenvalue weighted by molar-refractivity contribution is -0.128. The summed E-state index contributed by atoms with van der Waals surface area (Å²) in [7, 11) is 0. The lowest BCUT2D eigenvalue weighted by Crippen LogP contribution is -2.27. The fourth-order valence-corrected chi connectivity index (χ4v) is 5.90. The van der Waals surface area contributed by atoms with Crippen LogP contribution in [0.25, 0.3) is 0 Å². The predicted octanol–water partition coefficient (Wildman–Crippen LogP) is 6.60. The lowest BCUT2D eigenvalue weighted by atomic mass is 10.1. The van der Waals surface area contributed by atoms with Gasteiger partial charge in [-0.15, -0.1) is 23.5 Å². The molecule has 1 aliphatic rings. The quantitative estimate of drug-likeness (QED) is 0.276. The van der Waals surface area contributed by atoms with Crippen LogP contribution in [0.4, 0.5) is 5.69 Å². The highest BCUT2D eigenvalue weighted by Gasteiger charge is 2.33. The van der Waals surface area contributed by atoms with Gasteiger partial charge in [0, 0.05) is 21.9 Å². The number of amides is 2. The Morgan fingerprint density at radius 3 is 2.46 bits per heavy atom. The first kappa shape index (κ1) is 23.3. The number of furan rings is 1. The molecule has 1 atom stereocenters. The maximum atomic E-state index is 12.8. The minimum absolute atomic E-state index is 0.0869. The van der Waals surface area contributed by atoms with Crippen LogP contribution in [0.2, 0.25) is 0 Å². The number of thioether (sulfide) groups is 2. The highest BCUT2D eigenvalue weighted by molar-refractivity contribution is 8.00. The van der Waals surface area contributed by atoms with Crippen LogP contribution >= 0.6 is 23.5 Å². The third-order valence-electron chi connectivity index (χ3n) is 5.69. The minimum atomic E-state index is -0.162. The molecule has 176 valence electrons. The van der Waals surface area contributed by atoms with Crippen LogP contribution in [0.3, 0.4) is 0 Å². The minimum Gasteiger partial charge on any atom is -0.467 e. The molecule has 0 unspecified atom stereocenters. The van der Waals surface area contributed by atoms with Gasteiger partial charge in [0.15, 0.2) is 0 Å². The zero-order chi connectivity index (χ0) is 24.0. The number of rotatable bonds is 8. The Morgan fingerprint density at radius 2 is 1.74 bits per heavy atom. The molecule has 5 nitrogen and oxygen atoms in total. The van der Waals surface area contributed by atoms with Crippen molar-refractivity contribution in [2.45, 2.75) is 22.6 Å². The molecule has 1 aromatic heterocycles. The average Bonchev–Trinajstić information content (AvgIpc) is 3.54. The summed E-state index contributed by atoms with van der Waals surface area (Å²) >= 11 is 3.37. The molecule has 7 heteroatoms. The Morgan fingerprint density at radius 1 is 0.971 bits per heavy atom. The zero-order valence-corrected chi connectivity index (χ0v) is 20.6. The fourth-order valence-electron chi connectivity index (χ4n) is 3.84. The van der Waals surface area contributed by atoms with E-state index in [2.05, 4.69) is 17.4 Å². The Bertz CT molecular complexity index is 1270.